The Kier molecular flexibility index (Phi) is 6.67. The number of fused-ring (bicyclic) bond motifs is 1. The lowest BCUT2D eigenvalue weighted by atomic mass is 10.1. The van der Waals surface area contributed by atoms with E-state index >= 15 is 0 Å². The Hall–Kier alpha value is -3.85. The highest BCUT2D eigenvalue weighted by Crippen LogP contribution is 2.33. The van der Waals surface area contributed by atoms with Gasteiger partial charge in [-0.2, -0.15) is 0 Å². The fourth-order valence-electron chi connectivity index (χ4n) is 4.69. The molecule has 2 aliphatic rings. The van der Waals surface area contributed by atoms with Crippen molar-refractivity contribution in [3.05, 3.63) is 70.8 Å². The van der Waals surface area contributed by atoms with E-state index in [0.717, 1.165) is 16.5 Å². The monoisotopic (exact) mass is 476 g/mol. The smallest absolute Gasteiger partial charge is 0.292 e. The zero-order valence-electron chi connectivity index (χ0n) is 19.5. The number of nitro benzene ring substituents is 1. The summed E-state index contributed by atoms with van der Waals surface area (Å²) < 4.78 is 11.3. The van der Waals surface area contributed by atoms with Gasteiger partial charge in [0.2, 0.25) is 0 Å². The topological polar surface area (TPSA) is 88.4 Å². The minimum atomic E-state index is -0.332. The number of nitrogens with zero attached hydrogens (tertiary/aromatic N) is 4. The van der Waals surface area contributed by atoms with Gasteiger partial charge in [-0.3, -0.25) is 14.9 Å². The van der Waals surface area contributed by atoms with E-state index in [4.69, 9.17) is 9.47 Å². The number of hydrogen-bond acceptors (Lipinski definition) is 7. The van der Waals surface area contributed by atoms with Crippen LogP contribution in [0.25, 0.3) is 10.8 Å². The standard InChI is InChI=1S/C26H28N4O5/c31-26(19-35-25-7-3-5-20-4-1-2-6-22(20)25)29-12-10-27(11-13-29)21-8-9-23(30(32)33)24(18-21)28-14-16-34-17-15-28/h1-9,18H,10-17,19H2. The highest BCUT2D eigenvalue weighted by molar-refractivity contribution is 5.88. The Morgan fingerprint density at radius 1 is 0.914 bits per heavy atom. The van der Waals surface area contributed by atoms with Crippen molar-refractivity contribution in [2.45, 2.75) is 0 Å². The summed E-state index contributed by atoms with van der Waals surface area (Å²) in [6.45, 7) is 4.81. The maximum atomic E-state index is 12.8. The quantitative estimate of drug-likeness (QED) is 0.398. The van der Waals surface area contributed by atoms with E-state index in [-0.39, 0.29) is 23.1 Å². The zero-order valence-corrected chi connectivity index (χ0v) is 19.5. The van der Waals surface area contributed by atoms with Crippen molar-refractivity contribution in [1.82, 2.24) is 4.90 Å². The van der Waals surface area contributed by atoms with E-state index in [2.05, 4.69) is 4.90 Å². The predicted molar refractivity (Wildman–Crippen MR) is 134 cm³/mol. The van der Waals surface area contributed by atoms with Gasteiger partial charge in [0.05, 0.1) is 18.1 Å². The largest absolute Gasteiger partial charge is 0.483 e. The van der Waals surface area contributed by atoms with Crippen LogP contribution < -0.4 is 14.5 Å². The maximum absolute atomic E-state index is 12.8. The second-order valence-corrected chi connectivity index (χ2v) is 8.66. The SMILES string of the molecule is O=C(COc1cccc2ccccc12)N1CCN(c2ccc([N+](=O)[O-])c(N3CCOCC3)c2)CC1. The van der Waals surface area contributed by atoms with Gasteiger partial charge in [0, 0.05) is 56.4 Å². The molecular weight excluding hydrogens is 448 g/mol. The normalized spacial score (nSPS) is 16.4. The van der Waals surface area contributed by atoms with Crippen molar-refractivity contribution in [3.63, 3.8) is 0 Å². The Morgan fingerprint density at radius 3 is 2.43 bits per heavy atom. The van der Waals surface area contributed by atoms with E-state index in [1.807, 2.05) is 58.3 Å². The van der Waals surface area contributed by atoms with E-state index in [1.165, 1.54) is 0 Å². The predicted octanol–water partition coefficient (Wildman–Crippen LogP) is 3.31. The number of carbonyl (C=O) groups excluding carboxylic acids is 1. The number of morpholine rings is 1. The van der Waals surface area contributed by atoms with Crippen molar-refractivity contribution in [3.8, 4) is 5.75 Å². The molecule has 2 saturated heterocycles. The number of hydrogen-bond donors (Lipinski definition) is 0. The highest BCUT2D eigenvalue weighted by atomic mass is 16.6. The first-order valence-corrected chi connectivity index (χ1v) is 11.8. The summed E-state index contributed by atoms with van der Waals surface area (Å²) in [5.74, 6) is 0.659. The van der Waals surface area contributed by atoms with E-state index in [1.54, 1.807) is 12.1 Å². The number of ether oxygens (including phenoxy) is 2. The molecule has 5 rings (SSSR count). The first-order valence-electron chi connectivity index (χ1n) is 11.8. The molecule has 3 aromatic carbocycles. The molecule has 0 atom stereocenters. The lowest BCUT2D eigenvalue weighted by molar-refractivity contribution is -0.384. The molecular formula is C26H28N4O5. The molecule has 0 bridgehead atoms. The summed E-state index contributed by atoms with van der Waals surface area (Å²) in [6.07, 6.45) is 0. The van der Waals surface area contributed by atoms with Crippen LogP contribution in [-0.2, 0) is 9.53 Å². The van der Waals surface area contributed by atoms with E-state index in [0.29, 0.717) is 63.9 Å². The molecule has 0 aromatic heterocycles. The minimum absolute atomic E-state index is 0.00722. The van der Waals surface area contributed by atoms with Crippen molar-refractivity contribution >= 4 is 33.7 Å². The van der Waals surface area contributed by atoms with Crippen LogP contribution in [0.2, 0.25) is 0 Å². The Morgan fingerprint density at radius 2 is 1.66 bits per heavy atom. The van der Waals surface area contributed by atoms with E-state index < -0.39 is 0 Å². The number of rotatable bonds is 6. The van der Waals surface area contributed by atoms with Gasteiger partial charge in [0.15, 0.2) is 6.61 Å². The van der Waals surface area contributed by atoms with Gasteiger partial charge in [-0.25, -0.2) is 0 Å². The number of amides is 1. The fourth-order valence-corrected chi connectivity index (χ4v) is 4.69. The van der Waals surface area contributed by atoms with Crippen LogP contribution >= 0.6 is 0 Å². The van der Waals surface area contributed by atoms with Gasteiger partial charge in [0.25, 0.3) is 11.6 Å². The molecule has 0 aliphatic carbocycles. The highest BCUT2D eigenvalue weighted by Gasteiger charge is 2.26. The summed E-state index contributed by atoms with van der Waals surface area (Å²) in [5.41, 5.74) is 1.66. The van der Waals surface area contributed by atoms with Crippen molar-refractivity contribution in [2.75, 3.05) is 68.9 Å². The van der Waals surface area contributed by atoms with Crippen LogP contribution in [0.4, 0.5) is 17.1 Å². The molecule has 9 nitrogen and oxygen atoms in total. The summed E-state index contributed by atoms with van der Waals surface area (Å²) >= 11 is 0. The number of anilines is 2. The summed E-state index contributed by atoms with van der Waals surface area (Å²) in [6, 6.07) is 19.0. The van der Waals surface area contributed by atoms with E-state index in [9.17, 15) is 14.9 Å². The molecule has 3 aromatic rings. The van der Waals surface area contributed by atoms with Gasteiger partial charge in [-0.15, -0.1) is 0 Å². The first-order chi connectivity index (χ1) is 17.1. The van der Waals surface area contributed by atoms with Gasteiger partial charge < -0.3 is 24.2 Å². The zero-order chi connectivity index (χ0) is 24.2. The molecule has 0 radical (unpaired) electrons. The molecule has 0 unspecified atom stereocenters. The summed E-state index contributed by atoms with van der Waals surface area (Å²) in [4.78, 5) is 30.1. The average Bonchev–Trinajstić information content (AvgIpc) is 2.92. The van der Waals surface area contributed by atoms with Crippen molar-refractivity contribution in [1.29, 1.82) is 0 Å². The van der Waals surface area contributed by atoms with Crippen LogP contribution in [-0.4, -0.2) is 74.8 Å². The van der Waals surface area contributed by atoms with Gasteiger partial charge >= 0.3 is 0 Å². The fraction of sp³-hybridized carbons (Fsp3) is 0.346. The molecule has 35 heavy (non-hydrogen) atoms. The average molecular weight is 477 g/mol. The Balaban J connectivity index is 1.21. The van der Waals surface area contributed by atoms with Crippen molar-refractivity contribution < 1.29 is 19.2 Å². The molecule has 2 fully saturated rings. The molecule has 9 heteroatoms. The molecule has 1 amide bonds. The summed E-state index contributed by atoms with van der Waals surface area (Å²) in [7, 11) is 0. The third-order valence-corrected chi connectivity index (χ3v) is 6.61. The molecule has 182 valence electrons. The number of carbonyl (C=O) groups is 1. The molecule has 2 heterocycles. The Bertz CT molecular complexity index is 1210. The van der Waals surface area contributed by atoms with Crippen LogP contribution in [0, 0.1) is 10.1 Å². The lowest BCUT2D eigenvalue weighted by Gasteiger charge is -2.36. The second-order valence-electron chi connectivity index (χ2n) is 8.66. The van der Waals surface area contributed by atoms with Gasteiger partial charge in [-0.05, 0) is 23.6 Å². The van der Waals surface area contributed by atoms with Gasteiger partial charge in [-0.1, -0.05) is 36.4 Å². The van der Waals surface area contributed by atoms with Crippen LogP contribution in [0.3, 0.4) is 0 Å². The lowest BCUT2D eigenvalue weighted by Crippen LogP contribution is -2.50. The molecule has 0 N–H and O–H groups in total. The van der Waals surface area contributed by atoms with Crippen LogP contribution in [0.5, 0.6) is 5.75 Å². The number of piperazine rings is 1. The Labute approximate surface area is 203 Å². The summed E-state index contributed by atoms with van der Waals surface area (Å²) in [5, 5.41) is 13.6. The van der Waals surface area contributed by atoms with Crippen LogP contribution in [0.15, 0.2) is 60.7 Å². The molecule has 2 aliphatic heterocycles. The maximum Gasteiger partial charge on any atom is 0.292 e. The number of nitro groups is 1. The van der Waals surface area contributed by atoms with Gasteiger partial charge in [0.1, 0.15) is 11.4 Å². The molecule has 0 spiro atoms. The third-order valence-electron chi connectivity index (χ3n) is 6.61. The minimum Gasteiger partial charge on any atom is -0.483 e. The third kappa shape index (κ3) is 5.00. The van der Waals surface area contributed by atoms with Crippen molar-refractivity contribution in [2.24, 2.45) is 0 Å². The second kappa shape index (κ2) is 10.2. The number of benzene rings is 3. The molecule has 0 saturated carbocycles. The van der Waals surface area contributed by atoms with Crippen LogP contribution in [0.1, 0.15) is 0 Å². The first kappa shape index (κ1) is 22.9.